The van der Waals surface area contributed by atoms with E-state index < -0.39 is 5.97 Å². The van der Waals surface area contributed by atoms with Crippen LogP contribution >= 0.6 is 12.2 Å². The normalized spacial score (nSPS) is 16.1. The van der Waals surface area contributed by atoms with Crippen molar-refractivity contribution >= 4 is 23.1 Å². The number of allylic oxidation sites excluding steroid dienone is 3. The Morgan fingerprint density at radius 2 is 2.55 bits per heavy atom. The average Bonchev–Trinajstić information content (AvgIpc) is 2.04. The maximum atomic E-state index is 10.9. The molecule has 1 aliphatic carbocycles. The second kappa shape index (κ2) is 3.44. The lowest BCUT2D eigenvalue weighted by Gasteiger charge is -2.06. The van der Waals surface area contributed by atoms with Gasteiger partial charge < -0.3 is 4.74 Å². The zero-order chi connectivity index (χ0) is 8.27. The van der Waals surface area contributed by atoms with Gasteiger partial charge in [-0.25, -0.2) is 4.79 Å². The summed E-state index contributed by atoms with van der Waals surface area (Å²) in [5, 5.41) is 0. The summed E-state index contributed by atoms with van der Waals surface area (Å²) >= 11 is 4.92. The highest BCUT2D eigenvalue weighted by molar-refractivity contribution is 7.81. The monoisotopic (exact) mass is 167 g/mol. The summed E-state index contributed by atoms with van der Waals surface area (Å²) in [6.45, 7) is 0. The van der Waals surface area contributed by atoms with Crippen LogP contribution in [0.4, 0.5) is 0 Å². The molecule has 11 heavy (non-hydrogen) atoms. The lowest BCUT2D eigenvalue weighted by Crippen LogP contribution is -2.13. The molecule has 1 rings (SSSR count). The summed E-state index contributed by atoms with van der Waals surface area (Å²) in [6, 6.07) is 0. The van der Waals surface area contributed by atoms with Gasteiger partial charge in [0, 0.05) is 11.3 Å². The quantitative estimate of drug-likeness (QED) is 0.434. The number of hydrogen-bond acceptors (Lipinski definition) is 3. The minimum atomic E-state index is -0.403. The molecule has 0 fully saturated rings. The Hall–Kier alpha value is -0.960. The summed E-state index contributed by atoms with van der Waals surface area (Å²) in [4.78, 5) is 11.5. The van der Waals surface area contributed by atoms with E-state index in [1.165, 1.54) is 7.11 Å². The van der Waals surface area contributed by atoms with Crippen molar-refractivity contribution in [2.24, 2.45) is 0 Å². The van der Waals surface area contributed by atoms with E-state index in [4.69, 9.17) is 12.2 Å². The third-order valence-electron chi connectivity index (χ3n) is 1.32. The van der Waals surface area contributed by atoms with Gasteiger partial charge in [-0.15, -0.1) is 0 Å². The topological polar surface area (TPSA) is 26.3 Å². The Kier molecular flexibility index (Phi) is 2.54. The van der Waals surface area contributed by atoms with Gasteiger partial charge in [-0.2, -0.15) is 0 Å². The van der Waals surface area contributed by atoms with Gasteiger partial charge in [-0.3, -0.25) is 0 Å². The molecule has 0 saturated carbocycles. The Labute approximate surface area is 70.5 Å². The highest BCUT2D eigenvalue weighted by Crippen LogP contribution is 2.10. The highest BCUT2D eigenvalue weighted by Gasteiger charge is 2.15. The van der Waals surface area contributed by atoms with Gasteiger partial charge in [0.1, 0.15) is 0 Å². The molecule has 3 heteroatoms. The van der Waals surface area contributed by atoms with Crippen LogP contribution in [0.1, 0.15) is 6.42 Å². The number of methoxy groups -OCH3 is 1. The van der Waals surface area contributed by atoms with Crippen molar-refractivity contribution in [1.29, 1.82) is 0 Å². The summed E-state index contributed by atoms with van der Waals surface area (Å²) in [5.74, 6) is -0.403. The first-order valence-corrected chi connectivity index (χ1v) is 3.56. The van der Waals surface area contributed by atoms with Crippen LogP contribution in [0.3, 0.4) is 0 Å². The smallest absolute Gasteiger partial charge is 0.339 e. The molecule has 0 heterocycles. The molecule has 0 saturated heterocycles. The molecule has 1 aliphatic rings. The van der Waals surface area contributed by atoms with Crippen molar-refractivity contribution in [1.82, 2.24) is 0 Å². The van der Waals surface area contributed by atoms with Crippen LogP contribution in [0.15, 0.2) is 17.7 Å². The highest BCUT2D eigenvalue weighted by atomic mass is 32.1. The molecule has 0 N–H and O–H groups in total. The van der Waals surface area contributed by atoms with Gasteiger partial charge in [0.15, 0.2) is 0 Å². The van der Waals surface area contributed by atoms with E-state index in [2.05, 4.69) is 10.8 Å². The van der Waals surface area contributed by atoms with Gasteiger partial charge in [-0.05, 0) is 6.08 Å². The molecular formula is C8H7O2S. The number of hydrogen-bond donors (Lipinski definition) is 0. The SMILES string of the molecule is COC(=O)C1=[C]C=CCC1=S. The fourth-order valence-corrected chi connectivity index (χ4v) is 1.00. The molecule has 0 bridgehead atoms. The van der Waals surface area contributed by atoms with Crippen molar-refractivity contribution in [3.63, 3.8) is 0 Å². The minimum Gasteiger partial charge on any atom is -0.465 e. The van der Waals surface area contributed by atoms with Crippen molar-refractivity contribution in [2.45, 2.75) is 6.42 Å². The van der Waals surface area contributed by atoms with Crippen LogP contribution in [-0.4, -0.2) is 17.9 Å². The van der Waals surface area contributed by atoms with Gasteiger partial charge in [-0.1, -0.05) is 24.4 Å². The Bertz CT molecular complexity index is 251. The minimum absolute atomic E-state index is 0.380. The zero-order valence-electron chi connectivity index (χ0n) is 6.09. The number of carbonyl (C=O) groups is 1. The average molecular weight is 167 g/mol. The van der Waals surface area contributed by atoms with Crippen LogP contribution in [0.2, 0.25) is 0 Å². The predicted molar refractivity (Wildman–Crippen MR) is 45.1 cm³/mol. The van der Waals surface area contributed by atoms with Gasteiger partial charge >= 0.3 is 5.97 Å². The summed E-state index contributed by atoms with van der Waals surface area (Å²) < 4.78 is 4.50. The van der Waals surface area contributed by atoms with Gasteiger partial charge in [0.2, 0.25) is 0 Å². The van der Waals surface area contributed by atoms with E-state index in [0.717, 1.165) is 0 Å². The molecule has 0 aromatic rings. The van der Waals surface area contributed by atoms with E-state index in [1.54, 1.807) is 6.08 Å². The van der Waals surface area contributed by atoms with E-state index >= 15 is 0 Å². The molecule has 0 atom stereocenters. The molecule has 0 unspecified atom stereocenters. The first-order valence-electron chi connectivity index (χ1n) is 3.15. The van der Waals surface area contributed by atoms with Crippen LogP contribution in [0.5, 0.6) is 0 Å². The van der Waals surface area contributed by atoms with Crippen molar-refractivity contribution in [2.75, 3.05) is 7.11 Å². The molecule has 0 amide bonds. The first-order chi connectivity index (χ1) is 5.25. The molecule has 0 aromatic carbocycles. The fraction of sp³-hybridized carbons (Fsp3) is 0.250. The lowest BCUT2D eigenvalue weighted by molar-refractivity contribution is -0.135. The number of carbonyl (C=O) groups excluding carboxylic acids is 1. The molecule has 0 spiro atoms. The second-order valence-electron chi connectivity index (χ2n) is 2.04. The lowest BCUT2D eigenvalue weighted by atomic mass is 10.1. The van der Waals surface area contributed by atoms with E-state index in [-0.39, 0.29) is 0 Å². The molecule has 2 nitrogen and oxygen atoms in total. The van der Waals surface area contributed by atoms with Crippen LogP contribution < -0.4 is 0 Å². The molecule has 0 aliphatic heterocycles. The van der Waals surface area contributed by atoms with E-state index in [9.17, 15) is 4.79 Å². The van der Waals surface area contributed by atoms with Crippen molar-refractivity contribution in [3.8, 4) is 0 Å². The van der Waals surface area contributed by atoms with Gasteiger partial charge in [0.25, 0.3) is 0 Å². The first kappa shape index (κ1) is 8.14. The number of rotatable bonds is 1. The maximum Gasteiger partial charge on any atom is 0.339 e. The Morgan fingerprint density at radius 3 is 3.09 bits per heavy atom. The zero-order valence-corrected chi connectivity index (χ0v) is 6.90. The number of thiocarbonyl (C=S) groups is 1. The molecular weight excluding hydrogens is 160 g/mol. The van der Waals surface area contributed by atoms with E-state index in [1.807, 2.05) is 6.08 Å². The summed E-state index contributed by atoms with van der Waals surface area (Å²) in [5.41, 5.74) is 0.380. The van der Waals surface area contributed by atoms with Crippen LogP contribution in [-0.2, 0) is 9.53 Å². The van der Waals surface area contributed by atoms with E-state index in [0.29, 0.717) is 16.9 Å². The largest absolute Gasteiger partial charge is 0.465 e. The fourth-order valence-electron chi connectivity index (χ4n) is 0.766. The molecule has 1 radical (unpaired) electrons. The van der Waals surface area contributed by atoms with Crippen molar-refractivity contribution < 1.29 is 9.53 Å². The van der Waals surface area contributed by atoms with Crippen LogP contribution in [0, 0.1) is 6.08 Å². The summed E-state index contributed by atoms with van der Waals surface area (Å²) in [7, 11) is 1.33. The predicted octanol–water partition coefficient (Wildman–Crippen LogP) is 1.22. The summed E-state index contributed by atoms with van der Waals surface area (Å²) in [6.07, 6.45) is 6.91. The number of esters is 1. The van der Waals surface area contributed by atoms with Crippen molar-refractivity contribution in [3.05, 3.63) is 23.8 Å². The maximum absolute atomic E-state index is 10.9. The van der Waals surface area contributed by atoms with Crippen LogP contribution in [0.25, 0.3) is 0 Å². The number of ether oxygens (including phenoxy) is 1. The molecule has 0 aromatic heterocycles. The van der Waals surface area contributed by atoms with Gasteiger partial charge in [0.05, 0.1) is 12.7 Å². The Morgan fingerprint density at radius 1 is 1.82 bits per heavy atom. The standard InChI is InChI=1S/C8H7O2S/c1-10-8(9)6-4-2-3-5-7(6)11/h2-3H,5H2,1H3. The third-order valence-corrected chi connectivity index (χ3v) is 1.69. The Balaban J connectivity index is 2.84. The third kappa shape index (κ3) is 1.74. The second-order valence-corrected chi connectivity index (χ2v) is 2.53. The molecule has 57 valence electrons.